The predicted octanol–water partition coefficient (Wildman–Crippen LogP) is 4.80. The summed E-state index contributed by atoms with van der Waals surface area (Å²) in [6.07, 6.45) is 0. The minimum atomic E-state index is 0.463. The van der Waals surface area contributed by atoms with Crippen molar-refractivity contribution in [1.29, 1.82) is 0 Å². The lowest BCUT2D eigenvalue weighted by Crippen LogP contribution is -1.93. The van der Waals surface area contributed by atoms with Gasteiger partial charge in [0, 0.05) is 16.3 Å². The Bertz CT molecular complexity index is 1000. The number of carbonyl (C=O) groups is 1. The molecule has 0 unspecified atom stereocenters. The number of hydrogen-bond acceptors (Lipinski definition) is 2. The van der Waals surface area contributed by atoms with Crippen LogP contribution in [-0.4, -0.2) is 6.47 Å². The van der Waals surface area contributed by atoms with Crippen LogP contribution in [0.15, 0.2) is 66.7 Å². The molecule has 0 amide bonds. The Labute approximate surface area is 133 Å². The van der Waals surface area contributed by atoms with E-state index >= 15 is 0 Å². The van der Waals surface area contributed by atoms with Gasteiger partial charge in [0.1, 0.15) is 0 Å². The number of hydrogen-bond donors (Lipinski definition) is 0. The molecule has 0 heterocycles. The molecule has 4 rings (SSSR count). The second-order valence-electron chi connectivity index (χ2n) is 5.24. The molecule has 0 saturated carbocycles. The van der Waals surface area contributed by atoms with Gasteiger partial charge in [0.2, 0.25) is 0 Å². The quantitative estimate of drug-likeness (QED) is 0.508. The topological polar surface area (TPSA) is 26.3 Å². The Hall–Kier alpha value is -3.31. The summed E-state index contributed by atoms with van der Waals surface area (Å²) in [6.45, 7) is 0.463. The van der Waals surface area contributed by atoms with Crippen molar-refractivity contribution in [3.63, 3.8) is 0 Å². The van der Waals surface area contributed by atoms with Crippen molar-refractivity contribution in [2.75, 3.05) is 0 Å². The van der Waals surface area contributed by atoms with Crippen molar-refractivity contribution in [3.05, 3.63) is 78.9 Å². The third-order valence-corrected chi connectivity index (χ3v) is 3.95. The van der Waals surface area contributed by atoms with E-state index in [0.717, 1.165) is 32.7 Å². The summed E-state index contributed by atoms with van der Waals surface area (Å²) in [7, 11) is 0. The van der Waals surface area contributed by atoms with Crippen LogP contribution < -0.4 is 4.74 Å². The maximum atomic E-state index is 11.0. The van der Waals surface area contributed by atoms with Gasteiger partial charge < -0.3 is 4.74 Å². The molecule has 4 aromatic rings. The highest BCUT2D eigenvalue weighted by Crippen LogP contribution is 2.37. The van der Waals surface area contributed by atoms with E-state index in [4.69, 9.17) is 4.74 Å². The van der Waals surface area contributed by atoms with Crippen LogP contribution in [0.25, 0.3) is 32.7 Å². The third kappa shape index (κ3) is 2.20. The van der Waals surface area contributed by atoms with Gasteiger partial charge in [-0.05, 0) is 23.1 Å². The lowest BCUT2D eigenvalue weighted by atomic mass is 9.97. The van der Waals surface area contributed by atoms with Gasteiger partial charge in [0.05, 0.1) is 5.39 Å². The third-order valence-electron chi connectivity index (χ3n) is 3.95. The highest BCUT2D eigenvalue weighted by molar-refractivity contribution is 6.09. The molecule has 4 aromatic carbocycles. The Morgan fingerprint density at radius 3 is 2.39 bits per heavy atom. The van der Waals surface area contributed by atoms with Gasteiger partial charge in [-0.1, -0.05) is 66.7 Å². The van der Waals surface area contributed by atoms with Crippen LogP contribution in [0.2, 0.25) is 0 Å². The zero-order valence-electron chi connectivity index (χ0n) is 12.2. The second-order valence-corrected chi connectivity index (χ2v) is 5.24. The van der Waals surface area contributed by atoms with Crippen molar-refractivity contribution < 1.29 is 9.53 Å². The maximum absolute atomic E-state index is 11.0. The summed E-state index contributed by atoms with van der Waals surface area (Å²) in [4.78, 5) is 11.0. The van der Waals surface area contributed by atoms with Crippen LogP contribution in [0, 0.1) is 12.1 Å². The van der Waals surface area contributed by atoms with Crippen LogP contribution in [0.4, 0.5) is 0 Å². The summed E-state index contributed by atoms with van der Waals surface area (Å²) in [5.41, 5.74) is 1.86. The summed E-state index contributed by atoms with van der Waals surface area (Å²) in [5.74, 6) is 0.519. The Morgan fingerprint density at radius 1 is 0.783 bits per heavy atom. The van der Waals surface area contributed by atoms with E-state index in [-0.39, 0.29) is 0 Å². The molecule has 0 saturated heterocycles. The molecular weight excluding hydrogens is 284 g/mol. The predicted molar refractivity (Wildman–Crippen MR) is 91.3 cm³/mol. The largest absolute Gasteiger partial charge is 0.427 e. The molecule has 0 aromatic heterocycles. The van der Waals surface area contributed by atoms with E-state index < -0.39 is 0 Å². The number of fused-ring (bicyclic) bond motifs is 3. The Kier molecular flexibility index (Phi) is 3.18. The van der Waals surface area contributed by atoms with E-state index in [9.17, 15) is 4.79 Å². The molecule has 108 valence electrons. The second kappa shape index (κ2) is 5.47. The van der Waals surface area contributed by atoms with Gasteiger partial charge >= 0.3 is 0 Å². The molecule has 0 fully saturated rings. The number of ether oxygens (including phenoxy) is 1. The minimum Gasteiger partial charge on any atom is -0.427 e. The van der Waals surface area contributed by atoms with E-state index in [1.807, 2.05) is 66.7 Å². The summed E-state index contributed by atoms with van der Waals surface area (Å²) >= 11 is 0. The van der Waals surface area contributed by atoms with Gasteiger partial charge in [0.25, 0.3) is 6.47 Å². The standard InChI is InChI=1S/C21H12O2/c22-14-23-21-18(15-6-2-1-3-7-15)12-13-19-17-9-5-4-8-16(17)10-11-20(19)21/h1-9,12-14H. The average Bonchev–Trinajstić information content (AvgIpc) is 2.62. The molecule has 0 aliphatic carbocycles. The van der Waals surface area contributed by atoms with E-state index in [0.29, 0.717) is 12.2 Å². The van der Waals surface area contributed by atoms with Gasteiger partial charge in [-0.2, -0.15) is 0 Å². The molecule has 0 aliphatic heterocycles. The summed E-state index contributed by atoms with van der Waals surface area (Å²) in [5, 5.41) is 3.81. The van der Waals surface area contributed by atoms with Crippen molar-refractivity contribution in [3.8, 4) is 16.9 Å². The smallest absolute Gasteiger partial charge is 0.298 e. The van der Waals surface area contributed by atoms with Crippen LogP contribution in [0.5, 0.6) is 5.75 Å². The highest BCUT2D eigenvalue weighted by Gasteiger charge is 2.12. The highest BCUT2D eigenvalue weighted by atomic mass is 16.5. The first kappa shape index (κ1) is 13.4. The van der Waals surface area contributed by atoms with Crippen LogP contribution in [0.1, 0.15) is 0 Å². The number of benzene rings is 3. The van der Waals surface area contributed by atoms with E-state index in [2.05, 4.69) is 12.1 Å². The zero-order valence-corrected chi connectivity index (χ0v) is 12.2. The Morgan fingerprint density at radius 2 is 1.57 bits per heavy atom. The first-order chi connectivity index (χ1) is 11.4. The molecule has 0 N–H and O–H groups in total. The van der Waals surface area contributed by atoms with E-state index in [1.165, 1.54) is 0 Å². The van der Waals surface area contributed by atoms with Crippen LogP contribution in [0.3, 0.4) is 0 Å². The summed E-state index contributed by atoms with van der Waals surface area (Å²) in [6, 6.07) is 28.2. The molecule has 0 spiro atoms. The molecule has 0 atom stereocenters. The molecule has 0 radical (unpaired) electrons. The van der Waals surface area contributed by atoms with Gasteiger partial charge in [-0.3, -0.25) is 4.79 Å². The monoisotopic (exact) mass is 296 g/mol. The van der Waals surface area contributed by atoms with Gasteiger partial charge in [-0.15, -0.1) is 0 Å². The fourth-order valence-corrected chi connectivity index (χ4v) is 2.90. The van der Waals surface area contributed by atoms with Crippen molar-refractivity contribution >= 4 is 28.0 Å². The van der Waals surface area contributed by atoms with Crippen LogP contribution in [-0.2, 0) is 4.79 Å². The normalized spacial score (nSPS) is 10.4. The summed E-state index contributed by atoms with van der Waals surface area (Å²) < 4.78 is 5.32. The fourth-order valence-electron chi connectivity index (χ4n) is 2.90. The SMILES string of the molecule is O=COc1c(-c2ccccc2)ccc2c1c#cc1ccccc12. The van der Waals surface area contributed by atoms with Gasteiger partial charge in [0.15, 0.2) is 5.75 Å². The average molecular weight is 296 g/mol. The number of carbonyl (C=O) groups excluding carboxylic acids is 1. The van der Waals surface area contributed by atoms with Crippen molar-refractivity contribution in [2.24, 2.45) is 0 Å². The zero-order chi connectivity index (χ0) is 15.6. The van der Waals surface area contributed by atoms with Crippen LogP contribution >= 0.6 is 0 Å². The number of rotatable bonds is 3. The van der Waals surface area contributed by atoms with Crippen molar-refractivity contribution in [2.45, 2.75) is 0 Å². The van der Waals surface area contributed by atoms with Gasteiger partial charge in [-0.25, -0.2) is 0 Å². The molecule has 2 heteroatoms. The fraction of sp³-hybridized carbons (Fsp3) is 0. The lowest BCUT2D eigenvalue weighted by molar-refractivity contribution is -0.120. The minimum absolute atomic E-state index is 0.463. The molecule has 2 nitrogen and oxygen atoms in total. The Balaban J connectivity index is 2.08. The molecular formula is C21H12O2. The molecule has 23 heavy (non-hydrogen) atoms. The maximum Gasteiger partial charge on any atom is 0.298 e. The van der Waals surface area contributed by atoms with E-state index in [1.54, 1.807) is 0 Å². The lowest BCUT2D eigenvalue weighted by Gasteiger charge is -2.11. The molecule has 0 aliphatic rings. The first-order valence-electron chi connectivity index (χ1n) is 7.32. The van der Waals surface area contributed by atoms with Crippen molar-refractivity contribution in [1.82, 2.24) is 0 Å². The first-order valence-corrected chi connectivity index (χ1v) is 7.32. The molecule has 0 bridgehead atoms.